The fourth-order valence-corrected chi connectivity index (χ4v) is 1.02. The van der Waals surface area contributed by atoms with E-state index in [0.29, 0.717) is 0 Å². The van der Waals surface area contributed by atoms with E-state index < -0.39 is 8.21 Å². The summed E-state index contributed by atoms with van der Waals surface area (Å²) in [5.41, 5.74) is 0. The highest BCUT2D eigenvalue weighted by molar-refractivity contribution is 8.04. The highest BCUT2D eigenvalue weighted by atomic mass is 32.0. The van der Waals surface area contributed by atoms with Gasteiger partial charge in [0, 0.05) is 0 Å². The van der Waals surface area contributed by atoms with E-state index in [0.717, 1.165) is 0 Å². The zero-order valence-electron chi connectivity index (χ0n) is 5.52. The van der Waals surface area contributed by atoms with Gasteiger partial charge in [-0.3, -0.25) is 5.26 Å². The standard InChI is InChI=1S/C3H8O4P2/c4-6-1-3(7-5)2-9-8/h2,4-5,9H,1,8H2/i9T. The van der Waals surface area contributed by atoms with Gasteiger partial charge in [0.1, 0.15) is 6.61 Å². The zero-order chi connectivity index (χ0) is 7.98. The average Bonchev–Trinajstić information content (AvgIpc) is 1.86. The van der Waals surface area contributed by atoms with Gasteiger partial charge in [-0.25, -0.2) is 10.1 Å². The van der Waals surface area contributed by atoms with Crippen LogP contribution in [0.15, 0.2) is 11.6 Å². The molecule has 0 aromatic heterocycles. The molecule has 2 unspecified atom stereocenters. The quantitative estimate of drug-likeness (QED) is 0.290. The van der Waals surface area contributed by atoms with E-state index in [9.17, 15) is 0 Å². The molecule has 0 amide bonds. The molecule has 0 aliphatic rings. The van der Waals surface area contributed by atoms with Crippen molar-refractivity contribution in [1.82, 2.24) is 0 Å². The van der Waals surface area contributed by atoms with Crippen LogP contribution in [0.3, 0.4) is 0 Å². The lowest BCUT2D eigenvalue weighted by Gasteiger charge is -1.97. The first-order valence-electron chi connectivity index (χ1n) is 2.46. The Balaban J connectivity index is 3.78. The molecule has 2 N–H and O–H groups in total. The molecule has 6 heteroatoms. The van der Waals surface area contributed by atoms with Crippen LogP contribution in [0.1, 0.15) is 0 Å². The van der Waals surface area contributed by atoms with Crippen molar-refractivity contribution in [2.45, 2.75) is 0 Å². The Kier molecular flexibility index (Phi) is 5.25. The van der Waals surface area contributed by atoms with Crippen molar-refractivity contribution in [3.63, 3.8) is 0 Å². The van der Waals surface area contributed by atoms with Crippen LogP contribution in [0.4, 0.5) is 0 Å². The molecule has 9 heavy (non-hydrogen) atoms. The molecule has 0 bridgehead atoms. The topological polar surface area (TPSA) is 58.9 Å². The third-order valence-corrected chi connectivity index (χ3v) is 1.43. The predicted molar refractivity (Wildman–Crippen MR) is 38.4 cm³/mol. The van der Waals surface area contributed by atoms with Crippen molar-refractivity contribution in [3.05, 3.63) is 11.6 Å². The summed E-state index contributed by atoms with van der Waals surface area (Å²) >= 11 is 0. The third-order valence-electron chi connectivity index (χ3n) is 0.543. The highest BCUT2D eigenvalue weighted by Crippen LogP contribution is 2.23. The number of rotatable bonds is 4. The fraction of sp³-hybridized carbons (Fsp3) is 0.333. The largest absolute Gasteiger partial charge is 0.342 e. The van der Waals surface area contributed by atoms with Crippen molar-refractivity contribution < 1.29 is 20.3 Å². The average molecular weight is 172 g/mol. The van der Waals surface area contributed by atoms with E-state index in [1.54, 1.807) is 0 Å². The Morgan fingerprint density at radius 3 is 2.89 bits per heavy atom. The first kappa shape index (κ1) is 7.39. The van der Waals surface area contributed by atoms with Crippen LogP contribution in [0.25, 0.3) is 0 Å². The molecule has 0 aromatic carbocycles. The van der Waals surface area contributed by atoms with Gasteiger partial charge in [0.2, 0.25) is 0 Å². The Bertz CT molecular complexity index is 117. The van der Waals surface area contributed by atoms with Gasteiger partial charge in [-0.05, 0) is 5.82 Å². The molecule has 0 aliphatic carbocycles. The Hall–Kier alpha value is 0.280. The van der Waals surface area contributed by atoms with Crippen LogP contribution in [0.2, 0.25) is 0 Å². The minimum absolute atomic E-state index is 0.0265. The van der Waals surface area contributed by atoms with E-state index in [1.807, 2.05) is 0 Å². The first-order chi connectivity index (χ1) is 4.70. The molecular formula is C3H8O4P2. The summed E-state index contributed by atoms with van der Waals surface area (Å²) in [4.78, 5) is 7.42. The summed E-state index contributed by atoms with van der Waals surface area (Å²) < 4.78 is 7.01. The molecule has 4 nitrogen and oxygen atoms in total. The van der Waals surface area contributed by atoms with Crippen molar-refractivity contribution in [1.29, 1.82) is 1.28 Å². The van der Waals surface area contributed by atoms with Gasteiger partial charge in [-0.15, -0.1) is 8.93 Å². The molecule has 0 heterocycles. The Morgan fingerprint density at radius 1 is 1.89 bits per heavy atom. The Morgan fingerprint density at radius 2 is 2.56 bits per heavy atom. The summed E-state index contributed by atoms with van der Waals surface area (Å²) in [7, 11) is 1.08. The lowest BCUT2D eigenvalue weighted by atomic mass is 10.6. The Labute approximate surface area is 57.9 Å². The van der Waals surface area contributed by atoms with Gasteiger partial charge in [0.15, 0.2) is 5.76 Å². The summed E-state index contributed by atoms with van der Waals surface area (Å²) in [5.74, 6) is 1.36. The molecule has 0 saturated carbocycles. The van der Waals surface area contributed by atoms with Gasteiger partial charge in [0.05, 0.1) is 1.28 Å². The molecule has 0 rings (SSSR count). The van der Waals surface area contributed by atoms with E-state index in [2.05, 4.69) is 18.7 Å². The maximum atomic E-state index is 8.06. The first-order valence-corrected chi connectivity index (χ1v) is 4.60. The van der Waals surface area contributed by atoms with Gasteiger partial charge in [0.25, 0.3) is 0 Å². The summed E-state index contributed by atoms with van der Waals surface area (Å²) in [6.07, 6.45) is 0. The molecule has 0 spiro atoms. The summed E-state index contributed by atoms with van der Waals surface area (Å²) in [5, 5.41) is 16.0. The van der Waals surface area contributed by atoms with E-state index in [1.165, 1.54) is 5.82 Å². The molecule has 0 aromatic rings. The molecule has 0 aliphatic heterocycles. The van der Waals surface area contributed by atoms with Gasteiger partial charge in [-0.2, -0.15) is 0 Å². The predicted octanol–water partition coefficient (Wildman–Crippen LogP) is 1.28. The second-order valence-electron chi connectivity index (χ2n) is 1.11. The van der Waals surface area contributed by atoms with Crippen LogP contribution < -0.4 is 0 Å². The maximum Gasteiger partial charge on any atom is 0.171 e. The second kappa shape index (κ2) is 6.40. The molecule has 2 atom stereocenters. The fourth-order valence-electron chi connectivity index (χ4n) is 0.234. The molecule has 0 saturated heterocycles. The number of hydrogen-bond donors (Lipinski definition) is 2. The summed E-state index contributed by atoms with van der Waals surface area (Å²) in [6, 6.07) is 0. The zero-order valence-corrected chi connectivity index (χ0v) is 6.57. The van der Waals surface area contributed by atoms with Crippen LogP contribution >= 0.6 is 17.1 Å². The van der Waals surface area contributed by atoms with Gasteiger partial charge < -0.3 is 4.89 Å². The third kappa shape index (κ3) is 4.76. The minimum Gasteiger partial charge on any atom is -0.342 e. The van der Waals surface area contributed by atoms with Crippen molar-refractivity contribution in [2.24, 2.45) is 0 Å². The lowest BCUT2D eigenvalue weighted by molar-refractivity contribution is -0.268. The van der Waals surface area contributed by atoms with Gasteiger partial charge in [-0.1, -0.05) is 8.21 Å². The monoisotopic (exact) mass is 172 g/mol. The van der Waals surface area contributed by atoms with Crippen molar-refractivity contribution >= 4 is 17.1 Å². The SMILES string of the molecule is [3H]P(P)C=C(COO)OO. The smallest absolute Gasteiger partial charge is 0.171 e. The minimum atomic E-state index is -1.13. The summed E-state index contributed by atoms with van der Waals surface area (Å²) in [6.45, 7) is -0.247. The molecule has 0 fully saturated rings. The van der Waals surface area contributed by atoms with E-state index in [4.69, 9.17) is 11.8 Å². The lowest BCUT2D eigenvalue weighted by Crippen LogP contribution is -1.95. The number of hydrogen-bond acceptors (Lipinski definition) is 4. The maximum absolute atomic E-state index is 8.06. The van der Waals surface area contributed by atoms with E-state index >= 15 is 0 Å². The van der Waals surface area contributed by atoms with Crippen LogP contribution in [-0.4, -0.2) is 18.4 Å². The van der Waals surface area contributed by atoms with Crippen LogP contribution in [0.5, 0.6) is 0 Å². The normalized spacial score (nSPS) is 16.8. The van der Waals surface area contributed by atoms with Gasteiger partial charge >= 0.3 is 0 Å². The highest BCUT2D eigenvalue weighted by Gasteiger charge is 1.94. The molecule has 0 radical (unpaired) electrons. The van der Waals surface area contributed by atoms with E-state index in [-0.39, 0.29) is 12.4 Å². The van der Waals surface area contributed by atoms with Crippen molar-refractivity contribution in [2.75, 3.05) is 6.61 Å². The van der Waals surface area contributed by atoms with Crippen LogP contribution in [0, 0.1) is 0 Å². The van der Waals surface area contributed by atoms with Crippen LogP contribution in [-0.2, 0) is 9.78 Å². The second-order valence-corrected chi connectivity index (χ2v) is 2.56. The van der Waals surface area contributed by atoms with Crippen molar-refractivity contribution in [3.8, 4) is 0 Å². The molecular weight excluding hydrogens is 162 g/mol. The molecule has 54 valence electrons.